The third-order valence-electron chi connectivity index (χ3n) is 4.43. The molecule has 6 nitrogen and oxygen atoms in total. The summed E-state index contributed by atoms with van der Waals surface area (Å²) in [7, 11) is 1.86. The Kier molecular flexibility index (Phi) is 6.65. The van der Waals surface area contributed by atoms with E-state index in [0.29, 0.717) is 6.42 Å². The molecule has 23 heavy (non-hydrogen) atoms. The highest BCUT2D eigenvalue weighted by molar-refractivity contribution is 6.35. The van der Waals surface area contributed by atoms with Crippen LogP contribution in [0.5, 0.6) is 0 Å². The van der Waals surface area contributed by atoms with Crippen LogP contribution in [0.4, 0.5) is 0 Å². The number of aromatic nitrogens is 1. The standard InChI is InChI=1S/C17H27N3O3/c1-20-12-6-9-14(20)15(21)10-11-18-16(22)17(23)19-13-7-4-2-3-5-8-13/h6,9,12-13,15,21H,2-5,7-8,10-11H2,1H3,(H,18,22)(H,19,23). The van der Waals surface area contributed by atoms with E-state index in [1.165, 1.54) is 12.8 Å². The molecule has 2 rings (SSSR count). The van der Waals surface area contributed by atoms with E-state index in [4.69, 9.17) is 0 Å². The van der Waals surface area contributed by atoms with Gasteiger partial charge >= 0.3 is 11.8 Å². The molecule has 1 aromatic rings. The Bertz CT molecular complexity index is 519. The number of nitrogens with one attached hydrogen (secondary N) is 2. The summed E-state index contributed by atoms with van der Waals surface area (Å²) >= 11 is 0. The molecule has 128 valence electrons. The molecule has 0 aliphatic heterocycles. The third kappa shape index (κ3) is 5.39. The highest BCUT2D eigenvalue weighted by Crippen LogP contribution is 2.17. The normalized spacial score (nSPS) is 17.3. The van der Waals surface area contributed by atoms with Crippen LogP contribution in [0.3, 0.4) is 0 Å². The number of nitrogens with zero attached hydrogens (tertiary/aromatic N) is 1. The zero-order valence-corrected chi connectivity index (χ0v) is 13.8. The van der Waals surface area contributed by atoms with Crippen LogP contribution in [-0.4, -0.2) is 34.1 Å². The molecule has 0 aromatic carbocycles. The van der Waals surface area contributed by atoms with Gasteiger partial charge in [0.25, 0.3) is 0 Å². The lowest BCUT2D eigenvalue weighted by atomic mass is 10.1. The van der Waals surface area contributed by atoms with Crippen LogP contribution in [0, 0.1) is 0 Å². The van der Waals surface area contributed by atoms with Gasteiger partial charge in [0, 0.05) is 31.5 Å². The molecule has 1 saturated carbocycles. The maximum Gasteiger partial charge on any atom is 0.309 e. The summed E-state index contributed by atoms with van der Waals surface area (Å²) in [6, 6.07) is 3.81. The molecular formula is C17H27N3O3. The van der Waals surface area contributed by atoms with Crippen LogP contribution >= 0.6 is 0 Å². The fourth-order valence-corrected chi connectivity index (χ4v) is 3.05. The molecule has 1 unspecified atom stereocenters. The van der Waals surface area contributed by atoms with Crippen molar-refractivity contribution < 1.29 is 14.7 Å². The largest absolute Gasteiger partial charge is 0.387 e. The fraction of sp³-hybridized carbons (Fsp3) is 0.647. The Labute approximate surface area is 137 Å². The van der Waals surface area contributed by atoms with E-state index in [-0.39, 0.29) is 12.6 Å². The van der Waals surface area contributed by atoms with Crippen LogP contribution in [0.2, 0.25) is 0 Å². The first-order valence-corrected chi connectivity index (χ1v) is 8.46. The summed E-state index contributed by atoms with van der Waals surface area (Å²) in [5.74, 6) is -1.18. The smallest absolute Gasteiger partial charge is 0.309 e. The predicted octanol–water partition coefficient (Wildman–Crippen LogP) is 1.40. The minimum Gasteiger partial charge on any atom is -0.387 e. The van der Waals surface area contributed by atoms with Crippen molar-refractivity contribution in [1.82, 2.24) is 15.2 Å². The monoisotopic (exact) mass is 321 g/mol. The Morgan fingerprint density at radius 2 is 1.96 bits per heavy atom. The molecule has 6 heteroatoms. The molecule has 1 aromatic heterocycles. The van der Waals surface area contributed by atoms with Gasteiger partial charge in [0.2, 0.25) is 0 Å². The summed E-state index contributed by atoms with van der Waals surface area (Å²) in [6.45, 7) is 0.267. The van der Waals surface area contributed by atoms with E-state index in [0.717, 1.165) is 31.4 Å². The van der Waals surface area contributed by atoms with Crippen molar-refractivity contribution in [1.29, 1.82) is 0 Å². The highest BCUT2D eigenvalue weighted by Gasteiger charge is 2.20. The van der Waals surface area contributed by atoms with E-state index in [1.807, 2.05) is 29.9 Å². The average Bonchev–Trinajstić information content (AvgIpc) is 2.79. The van der Waals surface area contributed by atoms with Crippen molar-refractivity contribution in [2.75, 3.05) is 6.54 Å². The molecule has 0 bridgehead atoms. The first-order valence-electron chi connectivity index (χ1n) is 8.46. The third-order valence-corrected chi connectivity index (χ3v) is 4.43. The van der Waals surface area contributed by atoms with Crippen LogP contribution in [-0.2, 0) is 16.6 Å². The van der Waals surface area contributed by atoms with E-state index in [9.17, 15) is 14.7 Å². The molecule has 2 amide bonds. The van der Waals surface area contributed by atoms with Crippen molar-refractivity contribution in [2.45, 2.75) is 57.1 Å². The van der Waals surface area contributed by atoms with E-state index in [1.54, 1.807) is 0 Å². The molecule has 0 spiro atoms. The second kappa shape index (κ2) is 8.72. The van der Waals surface area contributed by atoms with Gasteiger partial charge in [-0.25, -0.2) is 0 Å². The first kappa shape index (κ1) is 17.5. The number of carbonyl (C=O) groups is 2. The van der Waals surface area contributed by atoms with Crippen LogP contribution in [0.25, 0.3) is 0 Å². The fourth-order valence-electron chi connectivity index (χ4n) is 3.05. The number of carbonyl (C=O) groups excluding carboxylic acids is 2. The quantitative estimate of drug-likeness (QED) is 0.566. The van der Waals surface area contributed by atoms with Gasteiger partial charge in [0.1, 0.15) is 0 Å². The van der Waals surface area contributed by atoms with Gasteiger partial charge in [-0.05, 0) is 31.4 Å². The number of aliphatic hydroxyl groups excluding tert-OH is 1. The van der Waals surface area contributed by atoms with Gasteiger partial charge in [-0.15, -0.1) is 0 Å². The van der Waals surface area contributed by atoms with E-state index >= 15 is 0 Å². The minimum absolute atomic E-state index is 0.115. The van der Waals surface area contributed by atoms with Gasteiger partial charge in [-0.1, -0.05) is 25.7 Å². The highest BCUT2D eigenvalue weighted by atomic mass is 16.3. The van der Waals surface area contributed by atoms with Crippen LogP contribution in [0.15, 0.2) is 18.3 Å². The maximum absolute atomic E-state index is 11.9. The lowest BCUT2D eigenvalue weighted by Crippen LogP contribution is -2.44. The number of rotatable bonds is 5. The molecule has 1 heterocycles. The minimum atomic E-state index is -0.653. The second-order valence-electron chi connectivity index (χ2n) is 6.27. The predicted molar refractivity (Wildman–Crippen MR) is 87.6 cm³/mol. The van der Waals surface area contributed by atoms with Gasteiger partial charge in [-0.2, -0.15) is 0 Å². The van der Waals surface area contributed by atoms with Gasteiger partial charge < -0.3 is 20.3 Å². The number of hydrogen-bond acceptors (Lipinski definition) is 3. The van der Waals surface area contributed by atoms with Crippen molar-refractivity contribution in [3.05, 3.63) is 24.0 Å². The molecule has 1 aliphatic carbocycles. The average molecular weight is 321 g/mol. The molecule has 1 aliphatic rings. The number of aryl methyl sites for hydroxylation is 1. The Morgan fingerprint density at radius 3 is 2.57 bits per heavy atom. The summed E-state index contributed by atoms with van der Waals surface area (Å²) < 4.78 is 1.84. The summed E-state index contributed by atoms with van der Waals surface area (Å²) in [5.41, 5.74) is 0.794. The lowest BCUT2D eigenvalue weighted by molar-refractivity contribution is -0.139. The second-order valence-corrected chi connectivity index (χ2v) is 6.27. The van der Waals surface area contributed by atoms with Crippen molar-refractivity contribution in [3.8, 4) is 0 Å². The molecule has 1 atom stereocenters. The molecule has 3 N–H and O–H groups in total. The summed E-state index contributed by atoms with van der Waals surface area (Å²) in [4.78, 5) is 23.7. The first-order chi connectivity index (χ1) is 11.1. The molecule has 0 saturated heterocycles. The maximum atomic E-state index is 11.9. The van der Waals surface area contributed by atoms with E-state index < -0.39 is 17.9 Å². The van der Waals surface area contributed by atoms with E-state index in [2.05, 4.69) is 10.6 Å². The molecular weight excluding hydrogens is 294 g/mol. The van der Waals surface area contributed by atoms with Crippen LogP contribution < -0.4 is 10.6 Å². The Morgan fingerprint density at radius 1 is 1.26 bits per heavy atom. The summed E-state index contributed by atoms with van der Waals surface area (Å²) in [5, 5.41) is 15.5. The van der Waals surface area contributed by atoms with Gasteiger partial charge in [0.15, 0.2) is 0 Å². The Hall–Kier alpha value is -1.82. The number of amides is 2. The van der Waals surface area contributed by atoms with Gasteiger partial charge in [0.05, 0.1) is 6.10 Å². The molecule has 1 fully saturated rings. The van der Waals surface area contributed by atoms with Gasteiger partial charge in [-0.3, -0.25) is 9.59 Å². The molecule has 0 radical (unpaired) electrons. The lowest BCUT2D eigenvalue weighted by Gasteiger charge is -2.16. The Balaban J connectivity index is 1.69. The van der Waals surface area contributed by atoms with Crippen molar-refractivity contribution in [3.63, 3.8) is 0 Å². The SMILES string of the molecule is Cn1cccc1C(O)CCNC(=O)C(=O)NC1CCCCCC1. The summed E-state index contributed by atoms with van der Waals surface area (Å²) in [6.07, 6.45) is 8.10. The zero-order chi connectivity index (χ0) is 16.7. The van der Waals surface area contributed by atoms with Crippen molar-refractivity contribution in [2.24, 2.45) is 7.05 Å². The van der Waals surface area contributed by atoms with Crippen molar-refractivity contribution >= 4 is 11.8 Å². The van der Waals surface area contributed by atoms with Crippen LogP contribution in [0.1, 0.15) is 56.7 Å². The number of aliphatic hydroxyl groups is 1. The number of hydrogen-bond donors (Lipinski definition) is 3. The zero-order valence-electron chi connectivity index (χ0n) is 13.8. The topological polar surface area (TPSA) is 83.4 Å².